The second kappa shape index (κ2) is 6.02. The van der Waals surface area contributed by atoms with Gasteiger partial charge in [-0.15, -0.1) is 5.10 Å². The molecular weight excluding hydrogens is 292 g/mol. The molecule has 0 unspecified atom stereocenters. The fourth-order valence-electron chi connectivity index (χ4n) is 1.30. The van der Waals surface area contributed by atoms with E-state index in [-0.39, 0.29) is 17.0 Å². The van der Waals surface area contributed by atoms with Gasteiger partial charge in [-0.2, -0.15) is 15.0 Å². The van der Waals surface area contributed by atoms with Crippen molar-refractivity contribution in [3.05, 3.63) is 15.8 Å². The molecule has 0 spiro atoms. The van der Waals surface area contributed by atoms with Gasteiger partial charge in [-0.3, -0.25) is 4.57 Å². The molecule has 2 aromatic heterocycles. The summed E-state index contributed by atoms with van der Waals surface area (Å²) in [6.07, 6.45) is 0. The van der Waals surface area contributed by atoms with Gasteiger partial charge >= 0.3 is 11.7 Å². The largest absolute Gasteiger partial charge is 0.464 e. The van der Waals surface area contributed by atoms with Crippen LogP contribution in [-0.2, 0) is 6.54 Å². The van der Waals surface area contributed by atoms with Gasteiger partial charge in [-0.05, 0) is 37.2 Å². The zero-order chi connectivity index (χ0) is 13.8. The summed E-state index contributed by atoms with van der Waals surface area (Å²) in [5.41, 5.74) is -0.282. The minimum Gasteiger partial charge on any atom is -0.464 e. The monoisotopic (exact) mass is 302 g/mol. The van der Waals surface area contributed by atoms with E-state index in [9.17, 15) is 4.79 Å². The molecule has 2 rings (SSSR count). The molecule has 0 bridgehead atoms. The van der Waals surface area contributed by atoms with Crippen LogP contribution in [0.15, 0.2) is 15.1 Å². The van der Waals surface area contributed by atoms with Crippen LogP contribution in [0.2, 0.25) is 5.28 Å². The minimum atomic E-state index is -0.282. The molecule has 8 nitrogen and oxygen atoms in total. The lowest BCUT2D eigenvalue weighted by molar-refractivity contribution is 0.307. The highest BCUT2D eigenvalue weighted by molar-refractivity contribution is 7.99. The summed E-state index contributed by atoms with van der Waals surface area (Å²) < 4.78 is 6.63. The van der Waals surface area contributed by atoms with Gasteiger partial charge < -0.3 is 4.74 Å². The Morgan fingerprint density at radius 2 is 2.16 bits per heavy atom. The Hall–Kier alpha value is -1.61. The highest BCUT2D eigenvalue weighted by Crippen LogP contribution is 2.23. The SMILES string of the molecule is CCOc1nc(Cl)nc(Sc2n[nH]c(=O)n2CC)n1. The molecule has 1 N–H and O–H groups in total. The second-order valence-electron chi connectivity index (χ2n) is 3.26. The predicted molar refractivity (Wildman–Crippen MR) is 68.7 cm³/mol. The molecule has 0 aliphatic carbocycles. The van der Waals surface area contributed by atoms with E-state index < -0.39 is 0 Å². The third-order valence-corrected chi connectivity index (χ3v) is 3.09. The second-order valence-corrected chi connectivity index (χ2v) is 4.53. The molecule has 0 amide bonds. The van der Waals surface area contributed by atoms with Crippen molar-refractivity contribution in [2.24, 2.45) is 0 Å². The molecule has 0 atom stereocenters. The van der Waals surface area contributed by atoms with Crippen LogP contribution < -0.4 is 10.4 Å². The number of aromatic amines is 1. The Balaban J connectivity index is 2.29. The van der Waals surface area contributed by atoms with Gasteiger partial charge in [0.15, 0.2) is 5.16 Å². The van der Waals surface area contributed by atoms with Crippen molar-refractivity contribution < 1.29 is 4.74 Å². The first-order valence-corrected chi connectivity index (χ1v) is 6.71. The molecule has 10 heteroatoms. The number of nitrogens with zero attached hydrogens (tertiary/aromatic N) is 5. The average molecular weight is 303 g/mol. The van der Waals surface area contributed by atoms with Crippen molar-refractivity contribution in [2.75, 3.05) is 6.61 Å². The molecule has 0 fully saturated rings. The summed E-state index contributed by atoms with van der Waals surface area (Å²) in [5.74, 6) is 0. The molecule has 2 aromatic rings. The number of rotatable bonds is 5. The summed E-state index contributed by atoms with van der Waals surface area (Å²) in [4.78, 5) is 23.3. The molecule has 2 heterocycles. The molecule has 0 saturated carbocycles. The van der Waals surface area contributed by atoms with E-state index in [1.165, 1.54) is 4.57 Å². The van der Waals surface area contributed by atoms with Gasteiger partial charge in [-0.25, -0.2) is 9.89 Å². The minimum absolute atomic E-state index is 0.0295. The number of hydrogen-bond acceptors (Lipinski definition) is 7. The van der Waals surface area contributed by atoms with Crippen LogP contribution in [0.4, 0.5) is 0 Å². The van der Waals surface area contributed by atoms with Gasteiger partial charge in [0, 0.05) is 6.54 Å². The van der Waals surface area contributed by atoms with Crippen molar-refractivity contribution >= 4 is 23.4 Å². The van der Waals surface area contributed by atoms with Crippen LogP contribution in [0, 0.1) is 0 Å². The van der Waals surface area contributed by atoms with E-state index >= 15 is 0 Å². The fraction of sp³-hybridized carbons (Fsp3) is 0.444. The summed E-state index contributed by atoms with van der Waals surface area (Å²) in [6, 6.07) is 0.144. The number of nitrogens with one attached hydrogen (secondary N) is 1. The molecule has 0 aliphatic rings. The summed E-state index contributed by atoms with van der Waals surface area (Å²) >= 11 is 6.89. The first kappa shape index (κ1) is 13.8. The first-order valence-electron chi connectivity index (χ1n) is 5.51. The van der Waals surface area contributed by atoms with Crippen molar-refractivity contribution in [3.63, 3.8) is 0 Å². The Bertz CT molecular complexity index is 627. The Labute approximate surface area is 117 Å². The van der Waals surface area contributed by atoms with Gasteiger partial charge in [0.25, 0.3) is 0 Å². The highest BCUT2D eigenvalue weighted by atomic mass is 35.5. The van der Waals surface area contributed by atoms with Gasteiger partial charge in [0.05, 0.1) is 6.61 Å². The van der Waals surface area contributed by atoms with E-state index in [2.05, 4.69) is 25.1 Å². The molecule has 0 radical (unpaired) electrons. The summed E-state index contributed by atoms with van der Waals surface area (Å²) in [6.45, 7) is 4.57. The number of halogens is 1. The summed E-state index contributed by atoms with van der Waals surface area (Å²) in [7, 11) is 0. The van der Waals surface area contributed by atoms with Crippen LogP contribution >= 0.6 is 23.4 Å². The smallest absolute Gasteiger partial charge is 0.343 e. The third kappa shape index (κ3) is 3.24. The summed E-state index contributed by atoms with van der Waals surface area (Å²) in [5, 5.41) is 7.06. The van der Waals surface area contributed by atoms with E-state index in [4.69, 9.17) is 16.3 Å². The zero-order valence-corrected chi connectivity index (χ0v) is 11.8. The fourth-order valence-corrected chi connectivity index (χ4v) is 2.33. The molecule has 0 aliphatic heterocycles. The maximum absolute atomic E-state index is 11.4. The predicted octanol–water partition coefficient (Wildman–Crippen LogP) is 0.980. The topological polar surface area (TPSA) is 98.6 Å². The lowest BCUT2D eigenvalue weighted by atomic mass is 10.7. The van der Waals surface area contributed by atoms with Crippen LogP contribution in [0.5, 0.6) is 6.01 Å². The molecule has 102 valence electrons. The maximum atomic E-state index is 11.4. The van der Waals surface area contributed by atoms with E-state index in [1.54, 1.807) is 0 Å². The zero-order valence-electron chi connectivity index (χ0n) is 10.3. The normalized spacial score (nSPS) is 10.7. The maximum Gasteiger partial charge on any atom is 0.343 e. The number of hydrogen-bond donors (Lipinski definition) is 1. The van der Waals surface area contributed by atoms with Gasteiger partial charge in [0.2, 0.25) is 10.4 Å². The van der Waals surface area contributed by atoms with E-state index in [0.717, 1.165) is 11.8 Å². The van der Waals surface area contributed by atoms with Crippen LogP contribution in [0.1, 0.15) is 13.8 Å². The van der Waals surface area contributed by atoms with E-state index in [0.29, 0.717) is 23.5 Å². The standard InChI is InChI=1S/C9H11ClN6O2S/c1-3-16-8(17)14-15-9(16)19-7-12-5(10)11-6(13-7)18-4-2/h3-4H2,1-2H3,(H,14,17). The molecule has 0 aromatic carbocycles. The Morgan fingerprint density at radius 1 is 1.37 bits per heavy atom. The number of ether oxygens (including phenoxy) is 1. The van der Waals surface area contributed by atoms with Gasteiger partial charge in [-0.1, -0.05) is 0 Å². The molecule has 0 saturated heterocycles. The lowest BCUT2D eigenvalue weighted by Crippen LogP contribution is -2.16. The number of aromatic nitrogens is 6. The van der Waals surface area contributed by atoms with Crippen molar-refractivity contribution in [1.29, 1.82) is 0 Å². The van der Waals surface area contributed by atoms with E-state index in [1.807, 2.05) is 13.8 Å². The van der Waals surface area contributed by atoms with Gasteiger partial charge in [0.1, 0.15) is 0 Å². The molecular formula is C9H11ClN6O2S. The third-order valence-electron chi connectivity index (χ3n) is 2.06. The highest BCUT2D eigenvalue weighted by Gasteiger charge is 2.13. The molecule has 19 heavy (non-hydrogen) atoms. The van der Waals surface area contributed by atoms with Crippen molar-refractivity contribution in [1.82, 2.24) is 29.7 Å². The lowest BCUT2D eigenvalue weighted by Gasteiger charge is -2.04. The van der Waals surface area contributed by atoms with Crippen LogP contribution in [0.25, 0.3) is 0 Å². The quantitative estimate of drug-likeness (QED) is 0.879. The van der Waals surface area contributed by atoms with Crippen LogP contribution in [0.3, 0.4) is 0 Å². The Kier molecular flexibility index (Phi) is 4.38. The number of H-pyrrole nitrogens is 1. The average Bonchev–Trinajstić information content (AvgIpc) is 2.69. The Morgan fingerprint density at radius 3 is 2.84 bits per heavy atom. The van der Waals surface area contributed by atoms with Crippen molar-refractivity contribution in [3.8, 4) is 6.01 Å². The first-order chi connectivity index (χ1) is 9.13. The van der Waals surface area contributed by atoms with Crippen LogP contribution in [-0.4, -0.2) is 36.3 Å². The van der Waals surface area contributed by atoms with Crippen molar-refractivity contribution in [2.45, 2.75) is 30.7 Å².